The van der Waals surface area contributed by atoms with E-state index >= 15 is 0 Å². The fourth-order valence-electron chi connectivity index (χ4n) is 2.15. The molecule has 0 saturated heterocycles. The van der Waals surface area contributed by atoms with Crippen molar-refractivity contribution in [3.05, 3.63) is 60.2 Å². The molecule has 0 spiro atoms. The highest BCUT2D eigenvalue weighted by Gasteiger charge is 2.15. The van der Waals surface area contributed by atoms with Crippen LogP contribution in [0.3, 0.4) is 0 Å². The monoisotopic (exact) mass is 272 g/mol. The maximum atomic E-state index is 6.18. The number of hydrogen-bond acceptors (Lipinski definition) is 2. The van der Waals surface area contributed by atoms with Crippen LogP contribution < -0.4 is 14.8 Å². The normalized spacial score (nSPS) is 11.9. The summed E-state index contributed by atoms with van der Waals surface area (Å²) in [4.78, 5) is 0. The molecule has 0 saturated carbocycles. The van der Waals surface area contributed by atoms with Gasteiger partial charge in [0.15, 0.2) is 11.5 Å². The average Bonchev–Trinajstić information content (AvgIpc) is 2.52. The van der Waals surface area contributed by atoms with Crippen molar-refractivity contribution in [3.63, 3.8) is 0 Å². The van der Waals surface area contributed by atoms with Crippen molar-refractivity contribution >= 4 is 0 Å². The van der Waals surface area contributed by atoms with Gasteiger partial charge in [-0.15, -0.1) is 0 Å². The van der Waals surface area contributed by atoms with Gasteiger partial charge < -0.3 is 14.8 Å². The number of quaternary nitrogens is 1. The number of benzene rings is 2. The minimum absolute atomic E-state index is 0.0451. The van der Waals surface area contributed by atoms with Crippen molar-refractivity contribution in [2.75, 3.05) is 20.7 Å². The molecule has 2 N–H and O–H groups in total. The molecule has 0 fully saturated rings. The van der Waals surface area contributed by atoms with Gasteiger partial charge in [-0.3, -0.25) is 0 Å². The molecule has 0 amide bonds. The van der Waals surface area contributed by atoms with E-state index < -0.39 is 0 Å². The Hall–Kier alpha value is -2.00. The van der Waals surface area contributed by atoms with E-state index in [9.17, 15) is 0 Å². The minimum Gasteiger partial charge on any atom is -0.493 e. The summed E-state index contributed by atoms with van der Waals surface area (Å²) in [6.07, 6.45) is 1.00. The predicted octanol–water partition coefficient (Wildman–Crippen LogP) is 2.40. The topological polar surface area (TPSA) is 35.1 Å². The summed E-state index contributed by atoms with van der Waals surface area (Å²) in [6.45, 7) is 1.02. The van der Waals surface area contributed by atoms with Crippen molar-refractivity contribution in [1.82, 2.24) is 0 Å². The molecule has 0 heterocycles. The summed E-state index contributed by atoms with van der Waals surface area (Å²) in [5.41, 5.74) is 1.19. The Kier molecular flexibility index (Phi) is 5.44. The molecule has 1 atom stereocenters. The van der Waals surface area contributed by atoms with Crippen LogP contribution >= 0.6 is 0 Å². The Morgan fingerprint density at radius 3 is 2.25 bits per heavy atom. The molecule has 0 radical (unpaired) electrons. The van der Waals surface area contributed by atoms with Crippen LogP contribution in [0.25, 0.3) is 0 Å². The van der Waals surface area contributed by atoms with Crippen LogP contribution in [0.1, 0.15) is 18.1 Å². The fourth-order valence-corrected chi connectivity index (χ4v) is 2.15. The Balaban J connectivity index is 2.19. The first-order valence-electron chi connectivity index (χ1n) is 6.97. The zero-order valence-electron chi connectivity index (χ0n) is 12.1. The molecule has 2 rings (SSSR count). The Morgan fingerprint density at radius 2 is 1.60 bits per heavy atom. The zero-order chi connectivity index (χ0) is 14.2. The van der Waals surface area contributed by atoms with E-state index in [4.69, 9.17) is 9.47 Å². The first-order chi connectivity index (χ1) is 9.85. The molecule has 0 aliphatic carbocycles. The van der Waals surface area contributed by atoms with E-state index in [1.165, 1.54) is 5.56 Å². The van der Waals surface area contributed by atoms with Gasteiger partial charge in [-0.1, -0.05) is 42.5 Å². The molecule has 0 bridgehead atoms. The zero-order valence-corrected chi connectivity index (χ0v) is 12.1. The number of nitrogens with two attached hydrogens (primary N) is 1. The fraction of sp³-hybridized carbons (Fsp3) is 0.294. The number of hydrogen-bond donors (Lipinski definition) is 1. The van der Waals surface area contributed by atoms with Crippen LogP contribution in [0.15, 0.2) is 54.6 Å². The van der Waals surface area contributed by atoms with Gasteiger partial charge in [0.25, 0.3) is 0 Å². The van der Waals surface area contributed by atoms with Crippen LogP contribution in [-0.2, 0) is 0 Å². The summed E-state index contributed by atoms with van der Waals surface area (Å²) in [6, 6.07) is 18.1. The highest BCUT2D eigenvalue weighted by atomic mass is 16.5. The van der Waals surface area contributed by atoms with Crippen LogP contribution in [0.5, 0.6) is 11.5 Å². The van der Waals surface area contributed by atoms with Crippen LogP contribution in [-0.4, -0.2) is 20.7 Å². The molecule has 20 heavy (non-hydrogen) atoms. The van der Waals surface area contributed by atoms with E-state index in [0.717, 1.165) is 24.5 Å². The molecule has 106 valence electrons. The van der Waals surface area contributed by atoms with Crippen molar-refractivity contribution < 1.29 is 14.8 Å². The summed E-state index contributed by atoms with van der Waals surface area (Å²) in [5.74, 6) is 1.56. The predicted molar refractivity (Wildman–Crippen MR) is 80.1 cm³/mol. The largest absolute Gasteiger partial charge is 0.493 e. The van der Waals surface area contributed by atoms with E-state index in [1.807, 2.05) is 42.5 Å². The third-order valence-electron chi connectivity index (χ3n) is 3.23. The number of methoxy groups -OCH3 is 1. The minimum atomic E-state index is 0.0451. The molecule has 3 nitrogen and oxygen atoms in total. The molecule has 0 unspecified atom stereocenters. The van der Waals surface area contributed by atoms with Crippen LogP contribution in [0.4, 0.5) is 0 Å². The van der Waals surface area contributed by atoms with Crippen LogP contribution in [0, 0.1) is 0 Å². The summed E-state index contributed by atoms with van der Waals surface area (Å²) in [7, 11) is 3.74. The highest BCUT2D eigenvalue weighted by Crippen LogP contribution is 2.31. The lowest BCUT2D eigenvalue weighted by molar-refractivity contribution is -0.628. The second-order valence-corrected chi connectivity index (χ2v) is 4.65. The third kappa shape index (κ3) is 3.75. The van der Waals surface area contributed by atoms with Crippen molar-refractivity contribution in [2.24, 2.45) is 0 Å². The summed E-state index contributed by atoms with van der Waals surface area (Å²) >= 11 is 0. The van der Waals surface area contributed by atoms with Gasteiger partial charge in [0.2, 0.25) is 0 Å². The van der Waals surface area contributed by atoms with Gasteiger partial charge in [-0.05, 0) is 17.7 Å². The van der Waals surface area contributed by atoms with Crippen molar-refractivity contribution in [1.29, 1.82) is 0 Å². The van der Waals surface area contributed by atoms with Gasteiger partial charge in [-0.2, -0.15) is 0 Å². The van der Waals surface area contributed by atoms with Crippen molar-refractivity contribution in [3.8, 4) is 11.5 Å². The van der Waals surface area contributed by atoms with Gasteiger partial charge >= 0.3 is 0 Å². The first kappa shape index (κ1) is 14.4. The van der Waals surface area contributed by atoms with Gasteiger partial charge in [0, 0.05) is 6.42 Å². The standard InChI is InChI=1S/C17H21NO2/c1-18-13-12-15(14-8-4-3-5-9-14)20-17-11-7-6-10-16(17)19-2/h3-11,15,18H,12-13H2,1-2H3/p+1/t15-/m1/s1. The number of para-hydroxylation sites is 2. The Bertz CT molecular complexity index is 513. The molecule has 3 heteroatoms. The number of ether oxygens (including phenoxy) is 2. The maximum absolute atomic E-state index is 6.18. The van der Waals surface area contributed by atoms with Crippen molar-refractivity contribution in [2.45, 2.75) is 12.5 Å². The smallest absolute Gasteiger partial charge is 0.162 e. The lowest BCUT2D eigenvalue weighted by Crippen LogP contribution is -2.79. The highest BCUT2D eigenvalue weighted by molar-refractivity contribution is 5.40. The van der Waals surface area contributed by atoms with Crippen LogP contribution in [0.2, 0.25) is 0 Å². The Morgan fingerprint density at radius 1 is 0.950 bits per heavy atom. The third-order valence-corrected chi connectivity index (χ3v) is 3.23. The van der Waals surface area contributed by atoms with E-state index in [1.54, 1.807) is 7.11 Å². The molecule has 0 aliphatic heterocycles. The number of rotatable bonds is 7. The van der Waals surface area contributed by atoms with E-state index in [2.05, 4.69) is 24.5 Å². The first-order valence-corrected chi connectivity index (χ1v) is 6.97. The molecule has 0 aromatic heterocycles. The second-order valence-electron chi connectivity index (χ2n) is 4.65. The lowest BCUT2D eigenvalue weighted by atomic mass is 10.1. The van der Waals surface area contributed by atoms with Gasteiger partial charge in [0.1, 0.15) is 6.10 Å². The molecular weight excluding hydrogens is 250 g/mol. The maximum Gasteiger partial charge on any atom is 0.162 e. The summed E-state index contributed by atoms with van der Waals surface area (Å²) < 4.78 is 11.5. The second kappa shape index (κ2) is 7.56. The van der Waals surface area contributed by atoms with E-state index in [0.29, 0.717) is 0 Å². The Labute approximate surface area is 120 Å². The quantitative estimate of drug-likeness (QED) is 0.840. The molecular formula is C17H22NO2+. The lowest BCUT2D eigenvalue weighted by Gasteiger charge is -2.20. The molecule has 2 aromatic rings. The van der Waals surface area contributed by atoms with Gasteiger partial charge in [0.05, 0.1) is 20.7 Å². The molecule has 2 aromatic carbocycles. The van der Waals surface area contributed by atoms with Gasteiger partial charge in [-0.25, -0.2) is 0 Å². The van der Waals surface area contributed by atoms with E-state index in [-0.39, 0.29) is 6.10 Å². The SMILES string of the molecule is C[NH2+]CC[C@@H](Oc1ccccc1OC)c1ccccc1. The molecule has 0 aliphatic rings. The average molecular weight is 272 g/mol. The summed E-state index contributed by atoms with van der Waals surface area (Å²) in [5, 5.41) is 2.17.